The molecule has 1 saturated heterocycles. The van der Waals surface area contributed by atoms with E-state index in [2.05, 4.69) is 10.3 Å². The van der Waals surface area contributed by atoms with Crippen molar-refractivity contribution in [2.75, 3.05) is 26.7 Å². The lowest BCUT2D eigenvalue weighted by Gasteiger charge is -2.20. The fourth-order valence-electron chi connectivity index (χ4n) is 2.38. The zero-order valence-corrected chi connectivity index (χ0v) is 12.1. The molecule has 1 aliphatic heterocycles. The Hall–Kier alpha value is -1.62. The Morgan fingerprint density at radius 2 is 2.05 bits per heavy atom. The van der Waals surface area contributed by atoms with Crippen LogP contribution in [-0.4, -0.2) is 42.5 Å². The molecule has 0 bridgehead atoms. The van der Waals surface area contributed by atoms with Crippen molar-refractivity contribution in [1.29, 1.82) is 0 Å². The number of carbonyl (C=O) groups is 1. The number of aromatic nitrogens is 1. The molecule has 1 aromatic heterocycles. The summed E-state index contributed by atoms with van der Waals surface area (Å²) in [7, 11) is 1.60. The molecule has 1 aliphatic rings. The maximum absolute atomic E-state index is 12.1. The van der Waals surface area contributed by atoms with Crippen molar-refractivity contribution in [3.8, 4) is 5.88 Å². The van der Waals surface area contributed by atoms with Crippen molar-refractivity contribution in [2.45, 2.75) is 32.2 Å². The van der Waals surface area contributed by atoms with Crippen LogP contribution in [0, 0.1) is 0 Å². The number of ether oxygens (including phenoxy) is 1. The summed E-state index contributed by atoms with van der Waals surface area (Å²) in [6.07, 6.45) is 6.52. The van der Waals surface area contributed by atoms with Gasteiger partial charge in [0.1, 0.15) is 0 Å². The van der Waals surface area contributed by atoms with E-state index in [-0.39, 0.29) is 5.91 Å². The summed E-state index contributed by atoms with van der Waals surface area (Å²) >= 11 is 0. The van der Waals surface area contributed by atoms with Gasteiger partial charge in [0.2, 0.25) is 11.8 Å². The third-order valence-corrected chi connectivity index (χ3v) is 3.57. The van der Waals surface area contributed by atoms with Crippen LogP contribution in [-0.2, 0) is 11.3 Å². The lowest BCUT2D eigenvalue weighted by molar-refractivity contribution is -0.130. The molecule has 0 unspecified atom stereocenters. The molecule has 0 spiro atoms. The summed E-state index contributed by atoms with van der Waals surface area (Å²) in [6.45, 7) is 2.86. The molecule has 0 radical (unpaired) electrons. The molecule has 1 aromatic rings. The lowest BCUT2D eigenvalue weighted by Crippen LogP contribution is -2.38. The number of hydrogen-bond donors (Lipinski definition) is 1. The number of amides is 1. The monoisotopic (exact) mass is 277 g/mol. The van der Waals surface area contributed by atoms with Crippen LogP contribution in [0.4, 0.5) is 0 Å². The lowest BCUT2D eigenvalue weighted by atomic mass is 10.2. The Kier molecular flexibility index (Phi) is 5.80. The third-order valence-electron chi connectivity index (χ3n) is 3.57. The largest absolute Gasteiger partial charge is 0.481 e. The summed E-state index contributed by atoms with van der Waals surface area (Å²) in [5.41, 5.74) is 1.05. The molecule has 0 atom stereocenters. The number of methoxy groups -OCH3 is 1. The van der Waals surface area contributed by atoms with Crippen molar-refractivity contribution in [3.63, 3.8) is 0 Å². The minimum Gasteiger partial charge on any atom is -0.481 e. The Labute approximate surface area is 120 Å². The van der Waals surface area contributed by atoms with Crippen LogP contribution in [0.3, 0.4) is 0 Å². The Balaban J connectivity index is 1.72. The Morgan fingerprint density at radius 1 is 1.30 bits per heavy atom. The van der Waals surface area contributed by atoms with Crippen molar-refractivity contribution in [2.24, 2.45) is 0 Å². The molecule has 5 heteroatoms. The maximum atomic E-state index is 12.1. The van der Waals surface area contributed by atoms with Gasteiger partial charge in [0.15, 0.2) is 0 Å². The van der Waals surface area contributed by atoms with E-state index in [4.69, 9.17) is 4.74 Å². The second-order valence-electron chi connectivity index (χ2n) is 5.11. The molecule has 0 aromatic carbocycles. The van der Waals surface area contributed by atoms with E-state index >= 15 is 0 Å². The number of likely N-dealkylation sites (tertiary alicyclic amines) is 1. The topological polar surface area (TPSA) is 54.5 Å². The number of rotatable bonds is 5. The predicted molar refractivity (Wildman–Crippen MR) is 77.5 cm³/mol. The molecule has 0 aliphatic carbocycles. The van der Waals surface area contributed by atoms with Gasteiger partial charge in [-0.25, -0.2) is 4.98 Å². The van der Waals surface area contributed by atoms with Crippen LogP contribution >= 0.6 is 0 Å². The molecule has 1 amide bonds. The highest BCUT2D eigenvalue weighted by Gasteiger charge is 2.14. The minimum absolute atomic E-state index is 0.202. The Morgan fingerprint density at radius 3 is 2.65 bits per heavy atom. The SMILES string of the molecule is COc1ccc(CNCC(=O)N2CCCCCC2)cn1. The van der Waals surface area contributed by atoms with Gasteiger partial charge >= 0.3 is 0 Å². The van der Waals surface area contributed by atoms with Crippen molar-refractivity contribution in [3.05, 3.63) is 23.9 Å². The van der Waals surface area contributed by atoms with Crippen LogP contribution in [0.2, 0.25) is 0 Å². The van der Waals surface area contributed by atoms with E-state index < -0.39 is 0 Å². The van der Waals surface area contributed by atoms with Gasteiger partial charge in [0.25, 0.3) is 0 Å². The van der Waals surface area contributed by atoms with E-state index in [9.17, 15) is 4.79 Å². The number of hydrogen-bond acceptors (Lipinski definition) is 4. The molecule has 5 nitrogen and oxygen atoms in total. The molecular weight excluding hydrogens is 254 g/mol. The summed E-state index contributed by atoms with van der Waals surface area (Å²) in [4.78, 5) is 18.2. The fourth-order valence-corrected chi connectivity index (χ4v) is 2.38. The number of nitrogens with zero attached hydrogens (tertiary/aromatic N) is 2. The predicted octanol–water partition coefficient (Wildman–Crippen LogP) is 1.58. The van der Waals surface area contributed by atoms with E-state index in [0.717, 1.165) is 31.5 Å². The molecule has 110 valence electrons. The number of carbonyl (C=O) groups excluding carboxylic acids is 1. The smallest absolute Gasteiger partial charge is 0.236 e. The first-order valence-electron chi connectivity index (χ1n) is 7.27. The average Bonchev–Trinajstić information content (AvgIpc) is 2.77. The molecule has 2 heterocycles. The molecule has 20 heavy (non-hydrogen) atoms. The summed E-state index contributed by atoms with van der Waals surface area (Å²) in [6, 6.07) is 3.78. The molecule has 1 N–H and O–H groups in total. The second kappa shape index (κ2) is 7.85. The van der Waals surface area contributed by atoms with Crippen LogP contribution in [0.1, 0.15) is 31.2 Å². The molecular formula is C15H23N3O2. The van der Waals surface area contributed by atoms with Gasteiger partial charge in [0.05, 0.1) is 13.7 Å². The first kappa shape index (κ1) is 14.8. The first-order chi connectivity index (χ1) is 9.79. The van der Waals surface area contributed by atoms with Gasteiger partial charge < -0.3 is 15.0 Å². The number of pyridine rings is 1. The van der Waals surface area contributed by atoms with E-state index in [1.807, 2.05) is 17.0 Å². The van der Waals surface area contributed by atoms with E-state index in [1.54, 1.807) is 13.3 Å². The van der Waals surface area contributed by atoms with Crippen molar-refractivity contribution in [1.82, 2.24) is 15.2 Å². The molecule has 2 rings (SSSR count). The first-order valence-corrected chi connectivity index (χ1v) is 7.27. The zero-order valence-electron chi connectivity index (χ0n) is 12.1. The Bertz CT molecular complexity index is 412. The average molecular weight is 277 g/mol. The second-order valence-corrected chi connectivity index (χ2v) is 5.11. The van der Waals surface area contributed by atoms with Gasteiger partial charge in [-0.3, -0.25) is 4.79 Å². The highest BCUT2D eigenvalue weighted by Crippen LogP contribution is 2.09. The maximum Gasteiger partial charge on any atom is 0.236 e. The summed E-state index contributed by atoms with van der Waals surface area (Å²) in [5.74, 6) is 0.808. The van der Waals surface area contributed by atoms with Gasteiger partial charge in [-0.2, -0.15) is 0 Å². The molecule has 0 saturated carbocycles. The quantitative estimate of drug-likeness (QED) is 0.888. The van der Waals surface area contributed by atoms with Crippen LogP contribution in [0.15, 0.2) is 18.3 Å². The third kappa shape index (κ3) is 4.49. The summed E-state index contributed by atoms with van der Waals surface area (Å²) in [5, 5.41) is 3.18. The zero-order chi connectivity index (χ0) is 14.2. The standard InChI is InChI=1S/C15H23N3O2/c1-20-14-7-6-13(11-17-14)10-16-12-15(19)18-8-4-2-3-5-9-18/h6-7,11,16H,2-5,8-10,12H2,1H3. The van der Waals surface area contributed by atoms with Gasteiger partial charge in [-0.1, -0.05) is 18.9 Å². The normalized spacial score (nSPS) is 15.8. The van der Waals surface area contributed by atoms with Crippen molar-refractivity contribution >= 4 is 5.91 Å². The highest BCUT2D eigenvalue weighted by atomic mass is 16.5. The minimum atomic E-state index is 0.202. The van der Waals surface area contributed by atoms with E-state index in [1.165, 1.54) is 12.8 Å². The van der Waals surface area contributed by atoms with Crippen LogP contribution in [0.25, 0.3) is 0 Å². The fraction of sp³-hybridized carbons (Fsp3) is 0.600. The number of nitrogens with one attached hydrogen (secondary N) is 1. The summed E-state index contributed by atoms with van der Waals surface area (Å²) < 4.78 is 5.01. The van der Waals surface area contributed by atoms with Crippen molar-refractivity contribution < 1.29 is 9.53 Å². The highest BCUT2D eigenvalue weighted by molar-refractivity contribution is 5.78. The van der Waals surface area contributed by atoms with Gasteiger partial charge in [-0.05, 0) is 18.4 Å². The van der Waals surface area contributed by atoms with Gasteiger partial charge in [0, 0.05) is 31.9 Å². The molecule has 1 fully saturated rings. The van der Waals surface area contributed by atoms with Crippen LogP contribution < -0.4 is 10.1 Å². The van der Waals surface area contributed by atoms with Gasteiger partial charge in [-0.15, -0.1) is 0 Å². The van der Waals surface area contributed by atoms with Crippen LogP contribution in [0.5, 0.6) is 5.88 Å². The van der Waals surface area contributed by atoms with E-state index in [0.29, 0.717) is 19.0 Å².